The summed E-state index contributed by atoms with van der Waals surface area (Å²) >= 11 is 0. The fourth-order valence-electron chi connectivity index (χ4n) is 1.54. The fraction of sp³-hybridized carbons (Fsp3) is 0.231. The van der Waals surface area contributed by atoms with Crippen molar-refractivity contribution in [2.24, 2.45) is 5.73 Å². The first-order valence-corrected chi connectivity index (χ1v) is 5.83. The zero-order valence-electron chi connectivity index (χ0n) is 10.3. The molecular weight excluding hydrogens is 228 g/mol. The zero-order valence-corrected chi connectivity index (χ0v) is 10.3. The number of nitrogens with one attached hydrogen (secondary N) is 1. The first-order valence-electron chi connectivity index (χ1n) is 5.83. The van der Waals surface area contributed by atoms with Crippen LogP contribution in [0.5, 0.6) is 5.88 Å². The molecule has 0 saturated heterocycles. The Morgan fingerprint density at radius 1 is 1.33 bits per heavy atom. The minimum Gasteiger partial charge on any atom is -0.478 e. The van der Waals surface area contributed by atoms with Gasteiger partial charge in [0.25, 0.3) is 0 Å². The van der Waals surface area contributed by atoms with Crippen LogP contribution >= 0.6 is 0 Å². The van der Waals surface area contributed by atoms with Crippen molar-refractivity contribution in [3.05, 3.63) is 42.1 Å². The van der Waals surface area contributed by atoms with Gasteiger partial charge in [0.1, 0.15) is 0 Å². The number of anilines is 2. The highest BCUT2D eigenvalue weighted by atomic mass is 16.5. The average molecular weight is 244 g/mol. The molecule has 2 aromatic rings. The quantitative estimate of drug-likeness (QED) is 0.842. The van der Waals surface area contributed by atoms with Crippen LogP contribution in [0.3, 0.4) is 0 Å². The predicted molar refractivity (Wildman–Crippen MR) is 70.8 cm³/mol. The molecule has 0 aliphatic rings. The van der Waals surface area contributed by atoms with Crippen molar-refractivity contribution in [2.45, 2.75) is 13.5 Å². The maximum Gasteiger partial charge on any atom is 0.230 e. The molecule has 0 bridgehead atoms. The van der Waals surface area contributed by atoms with Crippen molar-refractivity contribution in [2.75, 3.05) is 11.9 Å². The minimum atomic E-state index is 0.509. The third kappa shape index (κ3) is 3.18. The van der Waals surface area contributed by atoms with Gasteiger partial charge in [0.15, 0.2) is 0 Å². The van der Waals surface area contributed by atoms with Crippen molar-refractivity contribution in [3.63, 3.8) is 0 Å². The summed E-state index contributed by atoms with van der Waals surface area (Å²) in [7, 11) is 0. The molecule has 0 radical (unpaired) electrons. The molecule has 2 rings (SSSR count). The molecule has 0 aliphatic carbocycles. The summed E-state index contributed by atoms with van der Waals surface area (Å²) in [6, 6.07) is 9.55. The molecule has 94 valence electrons. The van der Waals surface area contributed by atoms with Gasteiger partial charge in [0.05, 0.1) is 6.61 Å². The Hall–Kier alpha value is -2.14. The molecule has 18 heavy (non-hydrogen) atoms. The summed E-state index contributed by atoms with van der Waals surface area (Å²) in [6.45, 7) is 3.01. The van der Waals surface area contributed by atoms with E-state index in [1.165, 1.54) is 0 Å². The predicted octanol–water partition coefficient (Wildman–Crippen LogP) is 2.08. The number of rotatable bonds is 5. The van der Waals surface area contributed by atoms with E-state index in [-0.39, 0.29) is 0 Å². The summed E-state index contributed by atoms with van der Waals surface area (Å²) in [4.78, 5) is 8.38. The third-order valence-electron chi connectivity index (χ3n) is 2.34. The van der Waals surface area contributed by atoms with Crippen molar-refractivity contribution < 1.29 is 4.74 Å². The highest BCUT2D eigenvalue weighted by molar-refractivity contribution is 5.54. The SMILES string of the molecule is CCOc1ccnc(Nc2cccc(CN)c2)n1. The molecule has 5 heteroatoms. The van der Waals surface area contributed by atoms with Crippen molar-refractivity contribution >= 4 is 11.6 Å². The fourth-order valence-corrected chi connectivity index (χ4v) is 1.54. The second-order valence-corrected chi connectivity index (χ2v) is 3.68. The van der Waals surface area contributed by atoms with Gasteiger partial charge in [-0.25, -0.2) is 4.98 Å². The largest absolute Gasteiger partial charge is 0.478 e. The lowest BCUT2D eigenvalue weighted by molar-refractivity contribution is 0.327. The lowest BCUT2D eigenvalue weighted by Gasteiger charge is -2.07. The van der Waals surface area contributed by atoms with Crippen LogP contribution in [-0.4, -0.2) is 16.6 Å². The molecule has 1 aromatic heterocycles. The van der Waals surface area contributed by atoms with E-state index in [0.29, 0.717) is 25.0 Å². The van der Waals surface area contributed by atoms with Gasteiger partial charge in [-0.2, -0.15) is 4.98 Å². The number of hydrogen-bond donors (Lipinski definition) is 2. The molecule has 1 aromatic carbocycles. The Morgan fingerprint density at radius 2 is 2.22 bits per heavy atom. The molecule has 0 aliphatic heterocycles. The van der Waals surface area contributed by atoms with Crippen molar-refractivity contribution in [1.29, 1.82) is 0 Å². The number of nitrogens with two attached hydrogens (primary N) is 1. The normalized spacial score (nSPS) is 10.1. The van der Waals surface area contributed by atoms with E-state index < -0.39 is 0 Å². The highest BCUT2D eigenvalue weighted by Crippen LogP contribution is 2.16. The molecule has 0 atom stereocenters. The lowest BCUT2D eigenvalue weighted by atomic mass is 10.2. The standard InChI is InChI=1S/C13H16N4O/c1-2-18-12-6-7-15-13(17-12)16-11-5-3-4-10(8-11)9-14/h3-8H,2,9,14H2,1H3,(H,15,16,17). The number of hydrogen-bond acceptors (Lipinski definition) is 5. The number of nitrogens with zero attached hydrogens (tertiary/aromatic N) is 2. The lowest BCUT2D eigenvalue weighted by Crippen LogP contribution is -2.01. The number of ether oxygens (including phenoxy) is 1. The summed E-state index contributed by atoms with van der Waals surface area (Å²) < 4.78 is 5.32. The minimum absolute atomic E-state index is 0.509. The first kappa shape index (κ1) is 12.3. The summed E-state index contributed by atoms with van der Waals surface area (Å²) in [6.07, 6.45) is 1.66. The second-order valence-electron chi connectivity index (χ2n) is 3.68. The van der Waals surface area contributed by atoms with Gasteiger partial charge in [0.2, 0.25) is 11.8 Å². The molecule has 0 spiro atoms. The van der Waals surface area contributed by atoms with Crippen LogP contribution in [0.25, 0.3) is 0 Å². The number of benzene rings is 1. The molecule has 0 fully saturated rings. The van der Waals surface area contributed by atoms with E-state index in [0.717, 1.165) is 11.3 Å². The molecule has 1 heterocycles. The van der Waals surface area contributed by atoms with Crippen molar-refractivity contribution in [3.8, 4) is 5.88 Å². The van der Waals surface area contributed by atoms with E-state index >= 15 is 0 Å². The molecule has 0 unspecified atom stereocenters. The van der Waals surface area contributed by atoms with Gasteiger partial charge in [0, 0.05) is 24.5 Å². The second kappa shape index (κ2) is 5.97. The summed E-state index contributed by atoms with van der Waals surface area (Å²) in [5.41, 5.74) is 7.56. The van der Waals surface area contributed by atoms with Gasteiger partial charge in [-0.15, -0.1) is 0 Å². The highest BCUT2D eigenvalue weighted by Gasteiger charge is 2.01. The van der Waals surface area contributed by atoms with Gasteiger partial charge in [-0.05, 0) is 24.6 Å². The van der Waals surface area contributed by atoms with Crippen LogP contribution in [0.15, 0.2) is 36.5 Å². The number of aromatic nitrogens is 2. The van der Waals surface area contributed by atoms with Gasteiger partial charge in [-0.1, -0.05) is 12.1 Å². The van der Waals surface area contributed by atoms with E-state index in [1.54, 1.807) is 12.3 Å². The molecule has 0 saturated carbocycles. The third-order valence-corrected chi connectivity index (χ3v) is 2.34. The van der Waals surface area contributed by atoms with E-state index in [1.807, 2.05) is 31.2 Å². The smallest absolute Gasteiger partial charge is 0.230 e. The Labute approximate surface area is 106 Å². The van der Waals surface area contributed by atoms with E-state index in [4.69, 9.17) is 10.5 Å². The summed E-state index contributed by atoms with van der Waals surface area (Å²) in [5.74, 6) is 1.07. The monoisotopic (exact) mass is 244 g/mol. The Morgan fingerprint density at radius 3 is 3.00 bits per heavy atom. The average Bonchev–Trinajstić information content (AvgIpc) is 2.40. The van der Waals surface area contributed by atoms with Gasteiger partial charge < -0.3 is 15.8 Å². The van der Waals surface area contributed by atoms with Crippen molar-refractivity contribution in [1.82, 2.24) is 9.97 Å². The molecule has 5 nitrogen and oxygen atoms in total. The molecule has 3 N–H and O–H groups in total. The topological polar surface area (TPSA) is 73.1 Å². The Balaban J connectivity index is 2.14. The van der Waals surface area contributed by atoms with Crippen LogP contribution in [0, 0.1) is 0 Å². The molecular formula is C13H16N4O. The van der Waals surface area contributed by atoms with E-state index in [9.17, 15) is 0 Å². The zero-order chi connectivity index (χ0) is 12.8. The maximum atomic E-state index is 5.60. The summed E-state index contributed by atoms with van der Waals surface area (Å²) in [5, 5.41) is 3.12. The first-order chi connectivity index (χ1) is 8.81. The van der Waals surface area contributed by atoms with Gasteiger partial charge >= 0.3 is 0 Å². The van der Waals surface area contributed by atoms with Crippen LogP contribution < -0.4 is 15.8 Å². The Bertz CT molecular complexity index is 516. The van der Waals surface area contributed by atoms with Crippen LogP contribution in [0.2, 0.25) is 0 Å². The van der Waals surface area contributed by atoms with Crippen LogP contribution in [0.4, 0.5) is 11.6 Å². The maximum absolute atomic E-state index is 5.60. The molecule has 0 amide bonds. The van der Waals surface area contributed by atoms with E-state index in [2.05, 4.69) is 15.3 Å². The van der Waals surface area contributed by atoms with Gasteiger partial charge in [-0.3, -0.25) is 0 Å². The Kier molecular flexibility index (Phi) is 4.09. The van der Waals surface area contributed by atoms with Crippen LogP contribution in [-0.2, 0) is 6.54 Å². The van der Waals surface area contributed by atoms with Crippen LogP contribution in [0.1, 0.15) is 12.5 Å².